The van der Waals surface area contributed by atoms with Crippen molar-refractivity contribution in [2.45, 2.75) is 13.3 Å². The van der Waals surface area contributed by atoms with Crippen molar-refractivity contribution in [3.8, 4) is 11.5 Å². The molecule has 4 rings (SSSR count). The molecule has 0 radical (unpaired) electrons. The lowest BCUT2D eigenvalue weighted by atomic mass is 10.1. The molecular formula is C15H12N6O. The van der Waals surface area contributed by atoms with Crippen LogP contribution < -0.4 is 0 Å². The Kier molecular flexibility index (Phi) is 2.89. The molecule has 0 bridgehead atoms. The second-order valence-corrected chi connectivity index (χ2v) is 4.97. The van der Waals surface area contributed by atoms with E-state index in [9.17, 15) is 0 Å². The highest BCUT2D eigenvalue weighted by Crippen LogP contribution is 2.17. The Morgan fingerprint density at radius 3 is 3.00 bits per heavy atom. The number of aryl methyl sites for hydroxylation is 1. The zero-order chi connectivity index (χ0) is 14.9. The molecule has 108 valence electrons. The van der Waals surface area contributed by atoms with Gasteiger partial charge in [-0.15, -0.1) is 5.10 Å². The topological polar surface area (TPSA) is 93.4 Å². The number of hydrogen-bond acceptors (Lipinski definition) is 6. The van der Waals surface area contributed by atoms with E-state index in [-0.39, 0.29) is 0 Å². The number of benzene rings is 1. The molecule has 0 aliphatic rings. The van der Waals surface area contributed by atoms with Crippen LogP contribution in [0.3, 0.4) is 0 Å². The summed E-state index contributed by atoms with van der Waals surface area (Å²) in [6.07, 6.45) is 2.16. The van der Waals surface area contributed by atoms with Crippen molar-refractivity contribution in [1.29, 1.82) is 0 Å². The average molecular weight is 292 g/mol. The van der Waals surface area contributed by atoms with Crippen LogP contribution in [0.25, 0.3) is 22.6 Å². The molecule has 0 aliphatic carbocycles. The minimum Gasteiger partial charge on any atom is -0.342 e. The quantitative estimate of drug-likeness (QED) is 0.622. The number of hydrogen-bond donors (Lipinski definition) is 1. The van der Waals surface area contributed by atoms with Crippen LogP contribution in [0.2, 0.25) is 0 Å². The molecule has 7 nitrogen and oxygen atoms in total. The number of nitrogens with zero attached hydrogens (tertiary/aromatic N) is 5. The molecule has 3 heterocycles. The molecule has 0 atom stereocenters. The number of H-pyrrole nitrogens is 1. The summed E-state index contributed by atoms with van der Waals surface area (Å²) < 4.78 is 5.29. The molecule has 0 aliphatic heterocycles. The zero-order valence-electron chi connectivity index (χ0n) is 11.8. The molecule has 7 heteroatoms. The van der Waals surface area contributed by atoms with Crippen LogP contribution in [-0.4, -0.2) is 30.3 Å². The molecule has 1 aromatic carbocycles. The smallest absolute Gasteiger partial charge is 0.231 e. The van der Waals surface area contributed by atoms with E-state index >= 15 is 0 Å². The van der Waals surface area contributed by atoms with Gasteiger partial charge in [0.15, 0.2) is 0 Å². The minimum atomic E-state index is 0.446. The van der Waals surface area contributed by atoms with Crippen molar-refractivity contribution in [2.75, 3.05) is 0 Å². The number of aromatic nitrogens is 6. The van der Waals surface area contributed by atoms with Crippen LogP contribution in [0.4, 0.5) is 0 Å². The van der Waals surface area contributed by atoms with Gasteiger partial charge in [0.25, 0.3) is 0 Å². The first-order chi connectivity index (χ1) is 10.8. The van der Waals surface area contributed by atoms with E-state index in [0.717, 1.165) is 22.4 Å². The summed E-state index contributed by atoms with van der Waals surface area (Å²) in [6, 6.07) is 9.61. The Labute approximate surface area is 125 Å². The van der Waals surface area contributed by atoms with Crippen LogP contribution in [0.15, 0.2) is 41.1 Å². The van der Waals surface area contributed by atoms with Gasteiger partial charge in [-0.2, -0.15) is 10.1 Å². The van der Waals surface area contributed by atoms with Crippen LogP contribution in [-0.2, 0) is 6.42 Å². The van der Waals surface area contributed by atoms with Crippen LogP contribution in [0.1, 0.15) is 17.3 Å². The first-order valence-corrected chi connectivity index (χ1v) is 6.84. The van der Waals surface area contributed by atoms with Crippen molar-refractivity contribution in [3.63, 3.8) is 0 Å². The largest absolute Gasteiger partial charge is 0.342 e. The van der Waals surface area contributed by atoms with Crippen molar-refractivity contribution in [2.24, 2.45) is 0 Å². The molecule has 3 aromatic heterocycles. The standard InChI is InChI=1S/C15H12N6O/c1-9-17-11-5-4-10(7-13(11)18-9)8-14-19-15(21-22-14)12-3-2-6-16-20-12/h2-7H,8H2,1H3,(H,17,18). The van der Waals surface area contributed by atoms with Crippen molar-refractivity contribution in [3.05, 3.63) is 53.8 Å². The van der Waals surface area contributed by atoms with Crippen molar-refractivity contribution in [1.82, 2.24) is 30.3 Å². The van der Waals surface area contributed by atoms with Crippen LogP contribution in [0.5, 0.6) is 0 Å². The number of rotatable bonds is 3. The van der Waals surface area contributed by atoms with Gasteiger partial charge in [0, 0.05) is 6.20 Å². The monoisotopic (exact) mass is 292 g/mol. The fourth-order valence-electron chi connectivity index (χ4n) is 2.32. The van der Waals surface area contributed by atoms with Crippen molar-refractivity contribution < 1.29 is 4.52 Å². The molecule has 4 aromatic rings. The molecule has 0 fully saturated rings. The Hall–Kier alpha value is -3.09. The SMILES string of the molecule is Cc1nc2ccc(Cc3nc(-c4cccnn4)no3)cc2[nH]1. The van der Waals surface area contributed by atoms with Gasteiger partial charge in [0.05, 0.1) is 17.5 Å². The van der Waals surface area contributed by atoms with Gasteiger partial charge >= 0.3 is 0 Å². The summed E-state index contributed by atoms with van der Waals surface area (Å²) in [5.74, 6) is 1.88. The molecule has 0 spiro atoms. The van der Waals surface area contributed by atoms with Crippen LogP contribution in [0, 0.1) is 6.92 Å². The Balaban J connectivity index is 1.61. The average Bonchev–Trinajstić information content (AvgIpc) is 3.13. The number of fused-ring (bicyclic) bond motifs is 1. The summed E-state index contributed by atoms with van der Waals surface area (Å²) in [5.41, 5.74) is 3.62. The van der Waals surface area contributed by atoms with Gasteiger partial charge in [0.2, 0.25) is 11.7 Å². The minimum absolute atomic E-state index is 0.446. The number of nitrogens with one attached hydrogen (secondary N) is 1. The fraction of sp³-hybridized carbons (Fsp3) is 0.133. The van der Waals surface area contributed by atoms with E-state index in [1.165, 1.54) is 0 Å². The lowest BCUT2D eigenvalue weighted by Crippen LogP contribution is -1.90. The Morgan fingerprint density at radius 2 is 2.14 bits per heavy atom. The second kappa shape index (κ2) is 5.03. The van der Waals surface area contributed by atoms with E-state index in [1.54, 1.807) is 18.3 Å². The molecule has 0 saturated heterocycles. The van der Waals surface area contributed by atoms with E-state index in [4.69, 9.17) is 4.52 Å². The fourth-order valence-corrected chi connectivity index (χ4v) is 2.32. The predicted molar refractivity (Wildman–Crippen MR) is 79.0 cm³/mol. The second-order valence-electron chi connectivity index (χ2n) is 4.97. The first-order valence-electron chi connectivity index (χ1n) is 6.84. The number of aromatic amines is 1. The van der Waals surface area contributed by atoms with Gasteiger partial charge in [-0.05, 0) is 36.8 Å². The molecule has 0 amide bonds. The summed E-state index contributed by atoms with van der Waals surface area (Å²) in [4.78, 5) is 12.0. The van der Waals surface area contributed by atoms with Gasteiger partial charge < -0.3 is 9.51 Å². The highest BCUT2D eigenvalue weighted by atomic mass is 16.5. The van der Waals surface area contributed by atoms with E-state index in [0.29, 0.717) is 23.8 Å². The third-order valence-electron chi connectivity index (χ3n) is 3.29. The lowest BCUT2D eigenvalue weighted by Gasteiger charge is -1.96. The van der Waals surface area contributed by atoms with E-state index in [2.05, 4.69) is 30.3 Å². The molecule has 0 saturated carbocycles. The highest BCUT2D eigenvalue weighted by Gasteiger charge is 2.11. The first kappa shape index (κ1) is 12.6. The van der Waals surface area contributed by atoms with Gasteiger partial charge in [0.1, 0.15) is 11.5 Å². The molecular weight excluding hydrogens is 280 g/mol. The summed E-state index contributed by atoms with van der Waals surface area (Å²) in [7, 11) is 0. The normalized spacial score (nSPS) is 11.1. The molecule has 22 heavy (non-hydrogen) atoms. The summed E-state index contributed by atoms with van der Waals surface area (Å²) in [6.45, 7) is 1.94. The van der Waals surface area contributed by atoms with E-state index < -0.39 is 0 Å². The number of imidazole rings is 1. The maximum Gasteiger partial charge on any atom is 0.231 e. The Morgan fingerprint density at radius 1 is 1.18 bits per heavy atom. The van der Waals surface area contributed by atoms with Crippen LogP contribution >= 0.6 is 0 Å². The van der Waals surface area contributed by atoms with Crippen molar-refractivity contribution >= 4 is 11.0 Å². The summed E-state index contributed by atoms with van der Waals surface area (Å²) >= 11 is 0. The molecule has 0 unspecified atom stereocenters. The molecule has 1 N–H and O–H groups in total. The van der Waals surface area contributed by atoms with E-state index in [1.807, 2.05) is 25.1 Å². The predicted octanol–water partition coefficient (Wildman–Crippen LogP) is 2.30. The third-order valence-corrected chi connectivity index (χ3v) is 3.29. The van der Waals surface area contributed by atoms with Gasteiger partial charge in [-0.1, -0.05) is 11.2 Å². The highest BCUT2D eigenvalue weighted by molar-refractivity contribution is 5.75. The van der Waals surface area contributed by atoms with Gasteiger partial charge in [-0.25, -0.2) is 4.98 Å². The zero-order valence-corrected chi connectivity index (χ0v) is 11.8. The van der Waals surface area contributed by atoms with Gasteiger partial charge in [-0.3, -0.25) is 0 Å². The summed E-state index contributed by atoms with van der Waals surface area (Å²) in [5, 5.41) is 11.7. The third kappa shape index (κ3) is 2.32. The maximum atomic E-state index is 5.29. The maximum absolute atomic E-state index is 5.29. The lowest BCUT2D eigenvalue weighted by molar-refractivity contribution is 0.385. The Bertz CT molecular complexity index is 928.